The van der Waals surface area contributed by atoms with E-state index in [-0.39, 0.29) is 18.1 Å². The molecular formula is C24H23ClFN3O2. The molecule has 2 heterocycles. The number of aryl methyl sites for hydroxylation is 2. The van der Waals surface area contributed by atoms with Crippen LogP contribution in [0.5, 0.6) is 0 Å². The minimum absolute atomic E-state index is 0.0224. The molecule has 7 heteroatoms. The van der Waals surface area contributed by atoms with E-state index in [1.807, 2.05) is 12.1 Å². The molecule has 0 aliphatic carbocycles. The molecule has 0 bridgehead atoms. The third-order valence-electron chi connectivity index (χ3n) is 5.15. The van der Waals surface area contributed by atoms with Gasteiger partial charge >= 0.3 is 0 Å². The molecule has 0 N–H and O–H groups in total. The zero-order valence-electron chi connectivity index (χ0n) is 17.7. The van der Waals surface area contributed by atoms with Crippen LogP contribution in [0.3, 0.4) is 0 Å². The second-order valence-corrected chi connectivity index (χ2v) is 7.61. The van der Waals surface area contributed by atoms with Gasteiger partial charge in [0.15, 0.2) is 5.78 Å². The maximum atomic E-state index is 13.1. The molecule has 0 unspecified atom stereocenters. The molecule has 3 aromatic rings. The Morgan fingerprint density at radius 2 is 1.84 bits per heavy atom. The van der Waals surface area contributed by atoms with Crippen LogP contribution in [0.4, 0.5) is 10.1 Å². The molecule has 2 aromatic heterocycles. The number of halogens is 2. The predicted molar refractivity (Wildman–Crippen MR) is 120 cm³/mol. The number of rotatable bonds is 7. The van der Waals surface area contributed by atoms with E-state index in [1.165, 1.54) is 11.0 Å². The summed E-state index contributed by atoms with van der Waals surface area (Å²) in [6.07, 6.45) is 2.76. The van der Waals surface area contributed by atoms with E-state index < -0.39 is 5.95 Å². The smallest absolute Gasteiger partial charge is 0.226 e. The quantitative estimate of drug-likeness (QED) is 0.363. The molecule has 0 atom stereocenters. The van der Waals surface area contributed by atoms with E-state index in [0.29, 0.717) is 34.9 Å². The Balaban J connectivity index is 1.70. The number of nitrogens with zero attached hydrogens (tertiary/aromatic N) is 3. The average molecular weight is 440 g/mol. The summed E-state index contributed by atoms with van der Waals surface area (Å²) in [5.74, 6) is -0.643. The molecule has 0 radical (unpaired) electrons. The molecule has 0 fully saturated rings. The predicted octanol–water partition coefficient (Wildman–Crippen LogP) is 5.43. The van der Waals surface area contributed by atoms with Crippen molar-refractivity contribution in [2.24, 2.45) is 0 Å². The van der Waals surface area contributed by atoms with Crippen LogP contribution in [0.1, 0.15) is 41.5 Å². The van der Waals surface area contributed by atoms with Gasteiger partial charge in [0.1, 0.15) is 5.69 Å². The van der Waals surface area contributed by atoms with Crippen LogP contribution in [-0.4, -0.2) is 28.7 Å². The number of amides is 1. The fourth-order valence-corrected chi connectivity index (χ4v) is 3.57. The van der Waals surface area contributed by atoms with Crippen LogP contribution in [0, 0.1) is 12.9 Å². The van der Waals surface area contributed by atoms with Crippen molar-refractivity contribution in [3.05, 3.63) is 76.6 Å². The summed E-state index contributed by atoms with van der Waals surface area (Å²) >= 11 is 6.38. The lowest BCUT2D eigenvalue weighted by Gasteiger charge is -2.18. The van der Waals surface area contributed by atoms with Crippen molar-refractivity contribution >= 4 is 29.0 Å². The number of anilines is 1. The van der Waals surface area contributed by atoms with Crippen LogP contribution in [0.2, 0.25) is 5.02 Å². The maximum Gasteiger partial charge on any atom is 0.226 e. The second-order valence-electron chi connectivity index (χ2n) is 7.21. The number of Topliss-reactive ketones (excluding diaryl/α,β-unsaturated/α-hetero) is 1. The van der Waals surface area contributed by atoms with Crippen LogP contribution < -0.4 is 4.90 Å². The largest absolute Gasteiger partial charge is 0.314 e. The number of hydrogen-bond acceptors (Lipinski definition) is 4. The van der Waals surface area contributed by atoms with Gasteiger partial charge in [-0.15, -0.1) is 0 Å². The highest BCUT2D eigenvalue weighted by molar-refractivity contribution is 6.34. The fourth-order valence-electron chi connectivity index (χ4n) is 3.26. The number of carbonyl (C=O) groups is 2. The van der Waals surface area contributed by atoms with Gasteiger partial charge in [0.2, 0.25) is 11.9 Å². The van der Waals surface area contributed by atoms with E-state index in [9.17, 15) is 14.0 Å². The van der Waals surface area contributed by atoms with Crippen LogP contribution in [-0.2, 0) is 11.2 Å². The maximum absolute atomic E-state index is 13.1. The Morgan fingerprint density at radius 1 is 1.10 bits per heavy atom. The first-order valence-corrected chi connectivity index (χ1v) is 10.4. The average Bonchev–Trinajstić information content (AvgIpc) is 2.77. The molecule has 160 valence electrons. The topological polar surface area (TPSA) is 63.2 Å². The second kappa shape index (κ2) is 9.79. The number of benzene rings is 1. The van der Waals surface area contributed by atoms with E-state index in [4.69, 9.17) is 11.6 Å². The molecule has 0 saturated heterocycles. The van der Waals surface area contributed by atoms with Crippen LogP contribution in [0.15, 0.2) is 48.7 Å². The Bertz CT molecular complexity index is 1120. The van der Waals surface area contributed by atoms with Crippen LogP contribution in [0.25, 0.3) is 11.1 Å². The molecule has 0 saturated carbocycles. The summed E-state index contributed by atoms with van der Waals surface area (Å²) in [6, 6.07) is 11.9. The lowest BCUT2D eigenvalue weighted by molar-refractivity contribution is -0.118. The van der Waals surface area contributed by atoms with Crippen molar-refractivity contribution in [3.63, 3.8) is 0 Å². The molecule has 3 rings (SSSR count). The minimum Gasteiger partial charge on any atom is -0.314 e. The first-order valence-electron chi connectivity index (χ1n) is 9.98. The summed E-state index contributed by atoms with van der Waals surface area (Å²) in [5, 5.41) is 0.463. The van der Waals surface area contributed by atoms with Crippen molar-refractivity contribution in [1.29, 1.82) is 0 Å². The highest BCUT2D eigenvalue weighted by Gasteiger charge is 2.14. The van der Waals surface area contributed by atoms with Gasteiger partial charge in [0.25, 0.3) is 0 Å². The Morgan fingerprint density at radius 3 is 2.45 bits per heavy atom. The lowest BCUT2D eigenvalue weighted by Crippen LogP contribution is -2.25. The molecule has 1 amide bonds. The number of ketones is 1. The molecule has 5 nitrogen and oxygen atoms in total. The monoisotopic (exact) mass is 439 g/mol. The minimum atomic E-state index is -0.526. The first kappa shape index (κ1) is 22.6. The summed E-state index contributed by atoms with van der Waals surface area (Å²) in [7, 11) is 1.69. The van der Waals surface area contributed by atoms with Gasteiger partial charge in [0.05, 0.1) is 10.7 Å². The highest BCUT2D eigenvalue weighted by atomic mass is 35.5. The number of hydrogen-bond donors (Lipinski definition) is 0. The van der Waals surface area contributed by atoms with Gasteiger partial charge < -0.3 is 4.90 Å². The Labute approximate surface area is 185 Å². The summed E-state index contributed by atoms with van der Waals surface area (Å²) in [5.41, 5.74) is 4.09. The molecule has 0 spiro atoms. The zero-order valence-corrected chi connectivity index (χ0v) is 18.4. The van der Waals surface area contributed by atoms with Crippen molar-refractivity contribution in [3.8, 4) is 11.1 Å². The standard InChI is InChI=1S/C24H23ClFN3O2/c1-4-24(31)29(3)21-10-6-17(13-19(21)25)18-5-9-20(27-14-18)22(30)11-7-16-8-12-23(26)28-15(16)2/h5-6,8-10,12-14H,4,7,11H2,1-3H3. The Hall–Kier alpha value is -3.12. The lowest BCUT2D eigenvalue weighted by atomic mass is 10.0. The molecule has 0 aliphatic rings. The fraction of sp³-hybridized carbons (Fsp3) is 0.250. The van der Waals surface area contributed by atoms with Gasteiger partial charge in [-0.3, -0.25) is 14.6 Å². The van der Waals surface area contributed by atoms with Gasteiger partial charge in [-0.1, -0.05) is 36.7 Å². The third kappa shape index (κ3) is 5.33. The molecule has 31 heavy (non-hydrogen) atoms. The normalized spacial score (nSPS) is 10.7. The van der Waals surface area contributed by atoms with Crippen molar-refractivity contribution < 1.29 is 14.0 Å². The Kier molecular flexibility index (Phi) is 7.13. The first-order chi connectivity index (χ1) is 14.8. The van der Waals surface area contributed by atoms with Gasteiger partial charge in [0, 0.05) is 37.3 Å². The van der Waals surface area contributed by atoms with Gasteiger partial charge in [-0.25, -0.2) is 4.98 Å². The van der Waals surface area contributed by atoms with Gasteiger partial charge in [-0.2, -0.15) is 4.39 Å². The molecular weight excluding hydrogens is 417 g/mol. The SMILES string of the molecule is CCC(=O)N(C)c1ccc(-c2ccc(C(=O)CCc3ccc(F)nc3C)nc2)cc1Cl. The van der Waals surface area contributed by atoms with E-state index >= 15 is 0 Å². The van der Waals surface area contributed by atoms with Crippen molar-refractivity contribution in [2.45, 2.75) is 33.1 Å². The number of aromatic nitrogens is 2. The highest BCUT2D eigenvalue weighted by Crippen LogP contribution is 2.31. The van der Waals surface area contributed by atoms with E-state index in [2.05, 4.69) is 9.97 Å². The third-order valence-corrected chi connectivity index (χ3v) is 5.45. The number of carbonyl (C=O) groups excluding carboxylic acids is 2. The number of pyridine rings is 2. The van der Waals surface area contributed by atoms with Gasteiger partial charge in [-0.05, 0) is 48.7 Å². The summed E-state index contributed by atoms with van der Waals surface area (Å²) in [6.45, 7) is 3.52. The molecule has 1 aromatic carbocycles. The van der Waals surface area contributed by atoms with Crippen molar-refractivity contribution in [2.75, 3.05) is 11.9 Å². The summed E-state index contributed by atoms with van der Waals surface area (Å²) < 4.78 is 13.1. The van der Waals surface area contributed by atoms with E-state index in [1.54, 1.807) is 51.4 Å². The molecule has 0 aliphatic heterocycles. The van der Waals surface area contributed by atoms with Crippen molar-refractivity contribution in [1.82, 2.24) is 9.97 Å². The van der Waals surface area contributed by atoms with Crippen LogP contribution >= 0.6 is 11.6 Å². The van der Waals surface area contributed by atoms with E-state index in [0.717, 1.165) is 16.7 Å². The zero-order chi connectivity index (χ0) is 22.5. The summed E-state index contributed by atoms with van der Waals surface area (Å²) in [4.78, 5) is 34.0.